The van der Waals surface area contributed by atoms with Gasteiger partial charge < -0.3 is 4.90 Å². The fourth-order valence-electron chi connectivity index (χ4n) is 13.0. The summed E-state index contributed by atoms with van der Waals surface area (Å²) >= 11 is 0. The van der Waals surface area contributed by atoms with Crippen LogP contribution in [0.1, 0.15) is 94.9 Å². The van der Waals surface area contributed by atoms with Gasteiger partial charge in [-0.3, -0.25) is 4.99 Å². The third kappa shape index (κ3) is 5.25. The highest BCUT2D eigenvalue weighted by Crippen LogP contribution is 2.57. The van der Waals surface area contributed by atoms with Crippen LogP contribution in [0.15, 0.2) is 216 Å². The molecule has 5 aliphatic rings. The molecule has 0 radical (unpaired) electrons. The molecule has 0 fully saturated rings. The summed E-state index contributed by atoms with van der Waals surface area (Å²) in [5.74, 6) is 0.924. The number of nitrogens with zero attached hydrogens (tertiary/aromatic N) is 3. The number of hydrogen-bond acceptors (Lipinski definition) is 3. The van der Waals surface area contributed by atoms with Gasteiger partial charge in [0.25, 0.3) is 0 Å². The van der Waals surface area contributed by atoms with Crippen LogP contribution >= 0.6 is 0 Å². The maximum Gasteiger partial charge on any atom is 0.155 e. The molecule has 3 nitrogen and oxygen atoms in total. The molecule has 9 aromatic carbocycles. The predicted octanol–water partition coefficient (Wildman–Crippen LogP) is 15.1. The van der Waals surface area contributed by atoms with Crippen molar-refractivity contribution in [2.24, 2.45) is 9.98 Å². The van der Waals surface area contributed by atoms with Crippen molar-refractivity contribution in [3.8, 4) is 33.4 Å². The van der Waals surface area contributed by atoms with E-state index >= 15 is 0 Å². The zero-order valence-electron chi connectivity index (χ0n) is 38.8. The first-order chi connectivity index (χ1) is 33.2. The molecule has 1 unspecified atom stereocenters. The summed E-state index contributed by atoms with van der Waals surface area (Å²) in [7, 11) is 0. The van der Waals surface area contributed by atoms with E-state index in [9.17, 15) is 0 Å². The Kier molecular flexibility index (Phi) is 8.13. The molecule has 68 heavy (non-hydrogen) atoms. The van der Waals surface area contributed by atoms with Gasteiger partial charge in [0.1, 0.15) is 5.71 Å². The molecule has 0 amide bonds. The highest BCUT2D eigenvalue weighted by Gasteiger charge is 2.47. The van der Waals surface area contributed by atoms with Crippen molar-refractivity contribution in [2.45, 2.75) is 50.0 Å². The molecule has 3 aliphatic carbocycles. The number of benzene rings is 9. The minimum atomic E-state index is -0.489. The van der Waals surface area contributed by atoms with Gasteiger partial charge in [-0.05, 0) is 106 Å². The van der Waals surface area contributed by atoms with Gasteiger partial charge in [0.05, 0.1) is 23.7 Å². The fourth-order valence-corrected chi connectivity index (χ4v) is 13.0. The molecule has 0 N–H and O–H groups in total. The quantitative estimate of drug-likeness (QED) is 0.169. The lowest BCUT2D eigenvalue weighted by molar-refractivity contribution is 0.459. The average molecular weight is 872 g/mol. The monoisotopic (exact) mass is 871 g/mol. The van der Waals surface area contributed by atoms with E-state index in [0.717, 1.165) is 28.4 Å². The number of aliphatic imine (C=N–C) groups is 2. The van der Waals surface area contributed by atoms with E-state index in [4.69, 9.17) is 9.98 Å². The Morgan fingerprint density at radius 2 is 1.03 bits per heavy atom. The van der Waals surface area contributed by atoms with E-state index in [-0.39, 0.29) is 16.9 Å². The Morgan fingerprint density at radius 1 is 0.456 bits per heavy atom. The van der Waals surface area contributed by atoms with Crippen molar-refractivity contribution < 1.29 is 0 Å². The van der Waals surface area contributed by atoms with Crippen LogP contribution in [0, 0.1) is 0 Å². The zero-order valence-corrected chi connectivity index (χ0v) is 38.8. The minimum Gasteiger partial charge on any atom is -0.320 e. The minimum absolute atomic E-state index is 0.0413. The van der Waals surface area contributed by atoms with Crippen molar-refractivity contribution >= 4 is 28.0 Å². The van der Waals surface area contributed by atoms with Crippen molar-refractivity contribution in [3.63, 3.8) is 0 Å². The molecule has 0 bridgehead atoms. The number of hydrogen-bond donors (Lipinski definition) is 0. The molecular formula is C65H49N3. The van der Waals surface area contributed by atoms with Crippen LogP contribution in [0.3, 0.4) is 0 Å². The summed E-state index contributed by atoms with van der Waals surface area (Å²) in [5.41, 5.74) is 22.9. The third-order valence-electron chi connectivity index (χ3n) is 16.3. The molecule has 0 spiro atoms. The highest BCUT2D eigenvalue weighted by molar-refractivity contribution is 6.49. The second-order valence-corrected chi connectivity index (χ2v) is 20.4. The van der Waals surface area contributed by atoms with Gasteiger partial charge in [-0.1, -0.05) is 216 Å². The van der Waals surface area contributed by atoms with E-state index in [1.54, 1.807) is 0 Å². The molecule has 324 valence electrons. The lowest BCUT2D eigenvalue weighted by Crippen LogP contribution is -2.35. The Balaban J connectivity index is 0.940. The van der Waals surface area contributed by atoms with Crippen LogP contribution < -0.4 is 0 Å². The maximum absolute atomic E-state index is 5.68. The SMILES string of the molecule is CC1(C)c2ccccc2-c2ccc(C3=CN4C(=NCC4c4ccc5c(c4)C(c4ccccc4)(c4ccccc4)c4ccccc4-5)C(c4ccc5c(c4)C(C)(C)c4ccc6ccccc6c4-5)=N3)cc21. The maximum atomic E-state index is 5.68. The second kappa shape index (κ2) is 14.1. The molecule has 2 aliphatic heterocycles. The normalized spacial score (nSPS) is 18.1. The summed E-state index contributed by atoms with van der Waals surface area (Å²) < 4.78 is 0. The number of fused-ring (bicyclic) bond motifs is 12. The van der Waals surface area contributed by atoms with Crippen molar-refractivity contribution in [2.75, 3.05) is 6.54 Å². The smallest absolute Gasteiger partial charge is 0.155 e. The molecule has 0 aromatic heterocycles. The molecule has 1 atom stereocenters. The molecule has 9 aromatic rings. The molecule has 14 rings (SSSR count). The van der Waals surface area contributed by atoms with E-state index in [2.05, 4.69) is 239 Å². The first-order valence-corrected chi connectivity index (χ1v) is 24.1. The van der Waals surface area contributed by atoms with Crippen LogP contribution in [-0.2, 0) is 16.2 Å². The average Bonchev–Trinajstić information content (AvgIpc) is 4.08. The summed E-state index contributed by atoms with van der Waals surface area (Å²) in [6.07, 6.45) is 2.29. The van der Waals surface area contributed by atoms with E-state index in [0.29, 0.717) is 6.54 Å². The van der Waals surface area contributed by atoms with Gasteiger partial charge in [-0.2, -0.15) is 0 Å². The lowest BCUT2D eigenvalue weighted by atomic mass is 9.67. The molecule has 2 heterocycles. The van der Waals surface area contributed by atoms with Gasteiger partial charge in [0.2, 0.25) is 0 Å². The lowest BCUT2D eigenvalue weighted by Gasteiger charge is -2.35. The molecule has 0 saturated heterocycles. The van der Waals surface area contributed by atoms with Crippen LogP contribution in [0.25, 0.3) is 49.9 Å². The Morgan fingerprint density at radius 3 is 1.81 bits per heavy atom. The number of amidine groups is 1. The summed E-state index contributed by atoms with van der Waals surface area (Å²) in [6, 6.07) is 74.8. The summed E-state index contributed by atoms with van der Waals surface area (Å²) in [6.45, 7) is 10.1. The predicted molar refractivity (Wildman–Crippen MR) is 281 cm³/mol. The summed E-state index contributed by atoms with van der Waals surface area (Å²) in [4.78, 5) is 13.6. The largest absolute Gasteiger partial charge is 0.320 e. The topological polar surface area (TPSA) is 28.0 Å². The van der Waals surface area contributed by atoms with E-state index in [1.807, 2.05) is 0 Å². The first-order valence-electron chi connectivity index (χ1n) is 24.1. The van der Waals surface area contributed by atoms with Crippen molar-refractivity contribution in [3.05, 3.63) is 268 Å². The Labute approximate surface area is 398 Å². The third-order valence-corrected chi connectivity index (χ3v) is 16.3. The highest BCUT2D eigenvalue weighted by atomic mass is 15.3. The molecular weight excluding hydrogens is 823 g/mol. The van der Waals surface area contributed by atoms with Gasteiger partial charge in [0.15, 0.2) is 5.84 Å². The van der Waals surface area contributed by atoms with Gasteiger partial charge in [-0.15, -0.1) is 0 Å². The van der Waals surface area contributed by atoms with E-state index < -0.39 is 5.41 Å². The summed E-state index contributed by atoms with van der Waals surface area (Å²) in [5, 5.41) is 2.58. The van der Waals surface area contributed by atoms with Crippen LogP contribution in [0.4, 0.5) is 0 Å². The van der Waals surface area contributed by atoms with Gasteiger partial charge >= 0.3 is 0 Å². The number of rotatable bonds is 5. The van der Waals surface area contributed by atoms with Crippen LogP contribution in [0.2, 0.25) is 0 Å². The van der Waals surface area contributed by atoms with Gasteiger partial charge in [-0.25, -0.2) is 4.99 Å². The Bertz CT molecular complexity index is 3680. The van der Waals surface area contributed by atoms with E-state index in [1.165, 1.54) is 94.2 Å². The zero-order chi connectivity index (χ0) is 45.5. The first kappa shape index (κ1) is 39.3. The fraction of sp³-hybridized carbons (Fsp3) is 0.138. The van der Waals surface area contributed by atoms with Crippen molar-refractivity contribution in [1.29, 1.82) is 0 Å². The molecule has 3 heteroatoms. The Hall–Kier alpha value is -7.88. The molecule has 0 saturated carbocycles. The van der Waals surface area contributed by atoms with Crippen LogP contribution in [0.5, 0.6) is 0 Å². The van der Waals surface area contributed by atoms with Crippen LogP contribution in [-0.4, -0.2) is 23.0 Å². The van der Waals surface area contributed by atoms with Crippen molar-refractivity contribution in [1.82, 2.24) is 4.90 Å². The second-order valence-electron chi connectivity index (χ2n) is 20.4. The van der Waals surface area contributed by atoms with Gasteiger partial charge in [0, 0.05) is 28.2 Å². The standard InChI is InChI=1S/C65H49N3/c1-63(2)52-25-15-13-23-47(52)49-31-27-41(35-55(49)63)58-39-68-59(38-66-62(68)61(67-58)43-29-33-51-56(37-43)64(3,4)54-34-30-40-17-11-12-22-46(40)60(51)54)42-28-32-50-48-24-14-16-26-53(48)65(57(50)36-42,44-18-7-5-8-19-44)45-20-9-6-10-21-45/h5-37,39,59H,38H2,1-4H3.